The summed E-state index contributed by atoms with van der Waals surface area (Å²) in [7, 11) is 0. The lowest BCUT2D eigenvalue weighted by Crippen LogP contribution is -2.25. The summed E-state index contributed by atoms with van der Waals surface area (Å²) < 4.78 is 8.36. The van der Waals surface area contributed by atoms with Crippen molar-refractivity contribution in [1.82, 2.24) is 14.9 Å². The van der Waals surface area contributed by atoms with Crippen LogP contribution in [0.5, 0.6) is 5.75 Å². The van der Waals surface area contributed by atoms with Crippen molar-refractivity contribution in [3.05, 3.63) is 95.3 Å². The fourth-order valence-corrected chi connectivity index (χ4v) is 4.14. The Morgan fingerprint density at radius 3 is 2.62 bits per heavy atom. The lowest BCUT2D eigenvalue weighted by atomic mass is 10.1. The molecule has 0 fully saturated rings. The average molecular weight is 456 g/mol. The predicted octanol–water partition coefficient (Wildman–Crippen LogP) is 5.41. The van der Waals surface area contributed by atoms with Gasteiger partial charge in [-0.15, -0.1) is 0 Å². The van der Waals surface area contributed by atoms with E-state index in [-0.39, 0.29) is 5.91 Å². The number of nitrogens with zero attached hydrogens (tertiary/aromatic N) is 2. The molecule has 0 aliphatic heterocycles. The van der Waals surface area contributed by atoms with Crippen molar-refractivity contribution in [2.45, 2.75) is 46.1 Å². The Hall–Kier alpha value is -3.60. The number of aryl methyl sites for hydroxylation is 4. The largest absolute Gasteiger partial charge is 0.491 e. The van der Waals surface area contributed by atoms with E-state index in [1.807, 2.05) is 36.4 Å². The second-order valence-electron chi connectivity index (χ2n) is 8.72. The highest BCUT2D eigenvalue weighted by Gasteiger charge is 2.11. The van der Waals surface area contributed by atoms with E-state index in [2.05, 4.69) is 60.1 Å². The van der Waals surface area contributed by atoms with Crippen molar-refractivity contribution in [1.29, 1.82) is 0 Å². The zero-order valence-electron chi connectivity index (χ0n) is 20.1. The SMILES string of the molecule is Cc1ccc(C)c(OCCn2c(CCCNC(=O)CCc3ccccc3)nc3ccccc32)c1. The van der Waals surface area contributed by atoms with Crippen LogP contribution in [0.25, 0.3) is 11.0 Å². The molecule has 1 aromatic heterocycles. The second kappa shape index (κ2) is 11.5. The number of rotatable bonds is 11. The van der Waals surface area contributed by atoms with Crippen LogP contribution in [0.15, 0.2) is 72.8 Å². The molecule has 0 radical (unpaired) electrons. The van der Waals surface area contributed by atoms with Gasteiger partial charge in [0.1, 0.15) is 18.2 Å². The van der Waals surface area contributed by atoms with E-state index in [1.54, 1.807) is 0 Å². The fraction of sp³-hybridized carbons (Fsp3) is 0.310. The zero-order valence-corrected chi connectivity index (χ0v) is 20.1. The maximum Gasteiger partial charge on any atom is 0.220 e. The molecule has 0 unspecified atom stereocenters. The molecule has 4 aromatic rings. The quantitative estimate of drug-likeness (QED) is 0.308. The van der Waals surface area contributed by atoms with Gasteiger partial charge in [0.05, 0.1) is 17.6 Å². The molecule has 0 atom stereocenters. The minimum absolute atomic E-state index is 0.0966. The number of nitrogens with one attached hydrogen (secondary N) is 1. The van der Waals surface area contributed by atoms with Gasteiger partial charge >= 0.3 is 0 Å². The Bertz CT molecular complexity index is 1230. The fourth-order valence-electron chi connectivity index (χ4n) is 4.14. The van der Waals surface area contributed by atoms with Crippen LogP contribution in [0, 0.1) is 13.8 Å². The van der Waals surface area contributed by atoms with Crippen molar-refractivity contribution in [3.8, 4) is 5.75 Å². The van der Waals surface area contributed by atoms with Crippen LogP contribution in [0.2, 0.25) is 0 Å². The number of hydrogen-bond acceptors (Lipinski definition) is 3. The molecule has 176 valence electrons. The van der Waals surface area contributed by atoms with Gasteiger partial charge in [0.2, 0.25) is 5.91 Å². The molecule has 1 heterocycles. The summed E-state index contributed by atoms with van der Waals surface area (Å²) in [5.74, 6) is 2.06. The third kappa shape index (κ3) is 6.25. The maximum absolute atomic E-state index is 12.2. The normalized spacial score (nSPS) is 11.0. The molecule has 0 saturated heterocycles. The number of imidazole rings is 1. The number of para-hydroxylation sites is 2. The molecule has 0 bridgehead atoms. The molecule has 4 rings (SSSR count). The summed E-state index contributed by atoms with van der Waals surface area (Å²) in [6.07, 6.45) is 2.93. The number of amides is 1. The molecule has 1 N–H and O–H groups in total. The van der Waals surface area contributed by atoms with Crippen LogP contribution in [0.4, 0.5) is 0 Å². The summed E-state index contributed by atoms with van der Waals surface area (Å²) in [5, 5.41) is 3.05. The van der Waals surface area contributed by atoms with E-state index in [0.29, 0.717) is 19.6 Å². The van der Waals surface area contributed by atoms with Gasteiger partial charge in [-0.3, -0.25) is 4.79 Å². The first-order chi connectivity index (χ1) is 16.6. The van der Waals surface area contributed by atoms with Crippen LogP contribution in [0.1, 0.15) is 35.4 Å². The Morgan fingerprint density at radius 2 is 1.76 bits per heavy atom. The van der Waals surface area contributed by atoms with E-state index in [9.17, 15) is 4.79 Å². The van der Waals surface area contributed by atoms with E-state index in [1.165, 1.54) is 11.1 Å². The highest BCUT2D eigenvalue weighted by molar-refractivity contribution is 5.76. The minimum Gasteiger partial charge on any atom is -0.491 e. The van der Waals surface area contributed by atoms with Crippen LogP contribution >= 0.6 is 0 Å². The molecular weight excluding hydrogens is 422 g/mol. The zero-order chi connectivity index (χ0) is 23.8. The van der Waals surface area contributed by atoms with Gasteiger partial charge in [0.15, 0.2) is 0 Å². The molecule has 3 aromatic carbocycles. The summed E-state index contributed by atoms with van der Waals surface area (Å²) in [6.45, 7) is 6.10. The van der Waals surface area contributed by atoms with E-state index in [4.69, 9.17) is 9.72 Å². The third-order valence-corrected chi connectivity index (χ3v) is 6.03. The van der Waals surface area contributed by atoms with E-state index in [0.717, 1.165) is 54.0 Å². The molecule has 1 amide bonds. The molecule has 5 heteroatoms. The number of hydrogen-bond donors (Lipinski definition) is 1. The van der Waals surface area contributed by atoms with Gasteiger partial charge in [0, 0.05) is 19.4 Å². The highest BCUT2D eigenvalue weighted by atomic mass is 16.5. The molecule has 5 nitrogen and oxygen atoms in total. The number of carbonyl (C=O) groups is 1. The van der Waals surface area contributed by atoms with Crippen molar-refractivity contribution in [3.63, 3.8) is 0 Å². The smallest absolute Gasteiger partial charge is 0.220 e. The van der Waals surface area contributed by atoms with Crippen molar-refractivity contribution in [2.24, 2.45) is 0 Å². The number of carbonyl (C=O) groups excluding carboxylic acids is 1. The van der Waals surface area contributed by atoms with Gasteiger partial charge < -0.3 is 14.6 Å². The summed E-state index contributed by atoms with van der Waals surface area (Å²) in [5.41, 5.74) is 5.64. The Labute approximate surface area is 201 Å². The maximum atomic E-state index is 12.2. The first-order valence-electron chi connectivity index (χ1n) is 12.0. The number of fused-ring (bicyclic) bond motifs is 1. The van der Waals surface area contributed by atoms with Crippen LogP contribution < -0.4 is 10.1 Å². The lowest BCUT2D eigenvalue weighted by molar-refractivity contribution is -0.121. The average Bonchev–Trinajstić information content (AvgIpc) is 3.20. The number of ether oxygens (including phenoxy) is 1. The summed E-state index contributed by atoms with van der Waals surface area (Å²) >= 11 is 0. The number of aromatic nitrogens is 2. The second-order valence-corrected chi connectivity index (χ2v) is 8.72. The monoisotopic (exact) mass is 455 g/mol. The summed E-state index contributed by atoms with van der Waals surface area (Å²) in [4.78, 5) is 17.1. The van der Waals surface area contributed by atoms with E-state index < -0.39 is 0 Å². The van der Waals surface area contributed by atoms with Gasteiger partial charge in [-0.2, -0.15) is 0 Å². The third-order valence-electron chi connectivity index (χ3n) is 6.03. The summed E-state index contributed by atoms with van der Waals surface area (Å²) in [6, 6.07) is 24.6. The van der Waals surface area contributed by atoms with Gasteiger partial charge in [-0.05, 0) is 61.6 Å². The minimum atomic E-state index is 0.0966. The molecule has 0 aliphatic carbocycles. The van der Waals surface area contributed by atoms with Crippen molar-refractivity contribution < 1.29 is 9.53 Å². The van der Waals surface area contributed by atoms with Crippen molar-refractivity contribution in [2.75, 3.05) is 13.2 Å². The van der Waals surface area contributed by atoms with Crippen LogP contribution in [0.3, 0.4) is 0 Å². The first kappa shape index (κ1) is 23.6. The molecular formula is C29H33N3O2. The Kier molecular flexibility index (Phi) is 7.97. The topological polar surface area (TPSA) is 56.1 Å². The Morgan fingerprint density at radius 1 is 0.971 bits per heavy atom. The highest BCUT2D eigenvalue weighted by Crippen LogP contribution is 2.21. The van der Waals surface area contributed by atoms with Gasteiger partial charge in [-0.25, -0.2) is 4.98 Å². The van der Waals surface area contributed by atoms with Gasteiger partial charge in [-0.1, -0.05) is 54.6 Å². The standard InChI is InChI=1S/C29H33N3O2/c1-22-14-15-23(2)27(21-22)34-20-19-32-26-12-7-6-11-25(26)31-28(32)13-8-18-30-29(33)17-16-24-9-4-3-5-10-24/h3-7,9-12,14-15,21H,8,13,16-20H2,1-2H3,(H,30,33). The lowest BCUT2D eigenvalue weighted by Gasteiger charge is -2.13. The van der Waals surface area contributed by atoms with Crippen molar-refractivity contribution >= 4 is 16.9 Å². The Balaban J connectivity index is 1.31. The molecule has 0 aliphatic rings. The molecule has 0 spiro atoms. The number of benzene rings is 3. The van der Waals surface area contributed by atoms with E-state index >= 15 is 0 Å². The van der Waals surface area contributed by atoms with Crippen LogP contribution in [-0.4, -0.2) is 28.6 Å². The van der Waals surface area contributed by atoms with Crippen LogP contribution in [-0.2, 0) is 24.2 Å². The molecule has 34 heavy (non-hydrogen) atoms. The van der Waals surface area contributed by atoms with Gasteiger partial charge in [0.25, 0.3) is 0 Å². The first-order valence-corrected chi connectivity index (χ1v) is 12.0. The molecule has 0 saturated carbocycles. The predicted molar refractivity (Wildman–Crippen MR) is 137 cm³/mol.